The summed E-state index contributed by atoms with van der Waals surface area (Å²) in [6.45, 7) is 1.43. The van der Waals surface area contributed by atoms with Crippen LogP contribution in [0, 0.1) is 0 Å². The van der Waals surface area contributed by atoms with Gasteiger partial charge in [-0.1, -0.05) is 11.6 Å². The van der Waals surface area contributed by atoms with Gasteiger partial charge in [-0.25, -0.2) is 4.79 Å². The molecule has 0 radical (unpaired) electrons. The molecule has 0 aliphatic carbocycles. The van der Waals surface area contributed by atoms with Crippen molar-refractivity contribution >= 4 is 57.1 Å². The molecular weight excluding hydrogens is 348 g/mol. The molecule has 116 valence electrons. The molecule has 2 amide bonds. The van der Waals surface area contributed by atoms with Gasteiger partial charge in [0.25, 0.3) is 11.8 Å². The highest BCUT2D eigenvalue weighted by molar-refractivity contribution is 7.17. The fourth-order valence-electron chi connectivity index (χ4n) is 1.51. The summed E-state index contributed by atoms with van der Waals surface area (Å²) in [6.07, 6.45) is -1.03. The number of carbonyl (C=O) groups excluding carboxylic acids is 3. The molecule has 3 N–H and O–H groups in total. The number of hydrogen-bond acceptors (Lipinski definition) is 6. The molecule has 0 saturated heterocycles. The van der Waals surface area contributed by atoms with Crippen LogP contribution in [0.25, 0.3) is 0 Å². The maximum atomic E-state index is 12.0. The molecule has 0 fully saturated rings. The molecule has 2 aromatic heterocycles. The van der Waals surface area contributed by atoms with E-state index in [2.05, 4.69) is 5.32 Å². The normalized spacial score (nSPS) is 11.7. The van der Waals surface area contributed by atoms with Gasteiger partial charge in [-0.05, 0) is 30.5 Å². The third-order valence-electron chi connectivity index (χ3n) is 2.59. The van der Waals surface area contributed by atoms with E-state index in [1.54, 1.807) is 11.4 Å². The lowest BCUT2D eigenvalue weighted by atomic mass is 10.3. The summed E-state index contributed by atoms with van der Waals surface area (Å²) in [5.41, 5.74) is 5.40. The van der Waals surface area contributed by atoms with Crippen molar-refractivity contribution in [3.63, 3.8) is 0 Å². The van der Waals surface area contributed by atoms with Crippen molar-refractivity contribution in [3.05, 3.63) is 38.4 Å². The first-order valence-electron chi connectivity index (χ1n) is 6.03. The van der Waals surface area contributed by atoms with Crippen LogP contribution in [0.4, 0.5) is 5.00 Å². The van der Waals surface area contributed by atoms with Gasteiger partial charge < -0.3 is 15.8 Å². The summed E-state index contributed by atoms with van der Waals surface area (Å²) in [5, 5.41) is 4.46. The maximum Gasteiger partial charge on any atom is 0.349 e. The van der Waals surface area contributed by atoms with Crippen molar-refractivity contribution in [1.29, 1.82) is 0 Å². The molecule has 0 spiro atoms. The predicted octanol–water partition coefficient (Wildman–Crippen LogP) is 2.75. The first kappa shape index (κ1) is 16.5. The highest BCUT2D eigenvalue weighted by atomic mass is 35.5. The highest BCUT2D eigenvalue weighted by Crippen LogP contribution is 2.24. The number of primary amides is 1. The minimum Gasteiger partial charge on any atom is -0.448 e. The number of nitrogens with one attached hydrogen (secondary N) is 1. The zero-order valence-electron chi connectivity index (χ0n) is 11.3. The van der Waals surface area contributed by atoms with Crippen molar-refractivity contribution in [2.75, 3.05) is 5.32 Å². The number of carbonyl (C=O) groups is 3. The summed E-state index contributed by atoms with van der Waals surface area (Å²) in [7, 11) is 0. The standard InChI is InChI=1S/C13H11ClN2O4S2/c1-6(20-13(19)8-2-3-9(14)22-8)11(18)16-12-7(10(15)17)4-5-21-12/h2-6H,1H3,(H2,15,17)(H,16,18). The number of halogens is 1. The lowest BCUT2D eigenvalue weighted by molar-refractivity contribution is -0.123. The van der Waals surface area contributed by atoms with Gasteiger partial charge in [0.2, 0.25) is 0 Å². The molecule has 1 unspecified atom stereocenters. The van der Waals surface area contributed by atoms with Crippen LogP contribution < -0.4 is 11.1 Å². The number of amides is 2. The van der Waals surface area contributed by atoms with Crippen LogP contribution in [0.1, 0.15) is 27.0 Å². The van der Waals surface area contributed by atoms with Crippen molar-refractivity contribution in [1.82, 2.24) is 0 Å². The Morgan fingerprint density at radius 1 is 1.32 bits per heavy atom. The molecule has 6 nitrogen and oxygen atoms in total. The zero-order valence-corrected chi connectivity index (χ0v) is 13.7. The fraction of sp³-hybridized carbons (Fsp3) is 0.154. The average Bonchev–Trinajstić information content (AvgIpc) is 3.07. The van der Waals surface area contributed by atoms with Gasteiger partial charge in [0, 0.05) is 0 Å². The van der Waals surface area contributed by atoms with Crippen LogP contribution in [0.15, 0.2) is 23.6 Å². The second kappa shape index (κ2) is 6.91. The van der Waals surface area contributed by atoms with E-state index < -0.39 is 23.9 Å². The van der Waals surface area contributed by atoms with Gasteiger partial charge in [-0.3, -0.25) is 9.59 Å². The van der Waals surface area contributed by atoms with E-state index in [1.807, 2.05) is 0 Å². The molecule has 1 atom stereocenters. The molecule has 0 aliphatic heterocycles. The molecule has 2 heterocycles. The van der Waals surface area contributed by atoms with Gasteiger partial charge in [0.1, 0.15) is 9.88 Å². The summed E-state index contributed by atoms with van der Waals surface area (Å²) < 4.78 is 5.50. The van der Waals surface area contributed by atoms with Gasteiger partial charge in [0.05, 0.1) is 9.90 Å². The SMILES string of the molecule is CC(OC(=O)c1ccc(Cl)s1)C(=O)Nc1sccc1C(N)=O. The largest absolute Gasteiger partial charge is 0.448 e. The summed E-state index contributed by atoms with van der Waals surface area (Å²) in [6, 6.07) is 4.59. The van der Waals surface area contributed by atoms with Crippen LogP contribution in [0.2, 0.25) is 4.34 Å². The second-order valence-corrected chi connectivity index (χ2v) is 6.80. The summed E-state index contributed by atoms with van der Waals surface area (Å²) in [4.78, 5) is 35.3. The van der Waals surface area contributed by atoms with Gasteiger partial charge in [0.15, 0.2) is 6.10 Å². The number of esters is 1. The molecule has 9 heteroatoms. The summed E-state index contributed by atoms with van der Waals surface area (Å²) in [5.74, 6) is -1.84. The number of hydrogen-bond donors (Lipinski definition) is 2. The van der Waals surface area contributed by atoms with E-state index in [9.17, 15) is 14.4 Å². The van der Waals surface area contributed by atoms with Gasteiger partial charge in [-0.2, -0.15) is 0 Å². The molecule has 0 aliphatic rings. The number of rotatable bonds is 5. The van der Waals surface area contributed by atoms with Crippen LogP contribution in [0.5, 0.6) is 0 Å². The smallest absolute Gasteiger partial charge is 0.349 e. The first-order valence-corrected chi connectivity index (χ1v) is 8.10. The lowest BCUT2D eigenvalue weighted by Gasteiger charge is -2.12. The van der Waals surface area contributed by atoms with Gasteiger partial charge in [-0.15, -0.1) is 22.7 Å². The van der Waals surface area contributed by atoms with E-state index >= 15 is 0 Å². The Labute approximate surface area is 138 Å². The molecule has 0 bridgehead atoms. The highest BCUT2D eigenvalue weighted by Gasteiger charge is 2.22. The molecule has 22 heavy (non-hydrogen) atoms. The quantitative estimate of drug-likeness (QED) is 0.803. The topological polar surface area (TPSA) is 98.5 Å². The Hall–Kier alpha value is -1.90. The Morgan fingerprint density at radius 2 is 2.05 bits per heavy atom. The fourth-order valence-corrected chi connectivity index (χ4v) is 3.23. The maximum absolute atomic E-state index is 12.0. The number of thiophene rings is 2. The Morgan fingerprint density at radius 3 is 2.64 bits per heavy atom. The molecule has 2 aromatic rings. The predicted molar refractivity (Wildman–Crippen MR) is 85.7 cm³/mol. The number of nitrogens with two attached hydrogens (primary N) is 1. The zero-order chi connectivity index (χ0) is 16.3. The van der Waals surface area contributed by atoms with Crippen LogP contribution in [0.3, 0.4) is 0 Å². The van der Waals surface area contributed by atoms with E-state index in [1.165, 1.54) is 19.1 Å². The van der Waals surface area contributed by atoms with Crippen LogP contribution in [-0.4, -0.2) is 23.9 Å². The third-order valence-corrected chi connectivity index (χ3v) is 4.64. The van der Waals surface area contributed by atoms with Crippen molar-refractivity contribution in [2.45, 2.75) is 13.0 Å². The first-order chi connectivity index (χ1) is 10.4. The third kappa shape index (κ3) is 3.85. The van der Waals surface area contributed by atoms with Crippen molar-refractivity contribution in [2.24, 2.45) is 5.73 Å². The molecule has 2 rings (SSSR count). The molecule has 0 saturated carbocycles. The van der Waals surface area contributed by atoms with Crippen molar-refractivity contribution < 1.29 is 19.1 Å². The Kier molecular flexibility index (Phi) is 5.17. The minimum absolute atomic E-state index is 0.210. The number of ether oxygens (including phenoxy) is 1. The number of anilines is 1. The lowest BCUT2D eigenvalue weighted by Crippen LogP contribution is -2.30. The average molecular weight is 359 g/mol. The van der Waals surface area contributed by atoms with Gasteiger partial charge >= 0.3 is 5.97 Å². The Balaban J connectivity index is 1.99. The Bertz CT molecular complexity index is 725. The van der Waals surface area contributed by atoms with Crippen molar-refractivity contribution in [3.8, 4) is 0 Å². The molecular formula is C13H11ClN2O4S2. The van der Waals surface area contributed by atoms with E-state index in [0.717, 1.165) is 22.7 Å². The van der Waals surface area contributed by atoms with Crippen LogP contribution >= 0.6 is 34.3 Å². The van der Waals surface area contributed by atoms with E-state index in [-0.39, 0.29) is 5.56 Å². The summed E-state index contributed by atoms with van der Waals surface area (Å²) >= 11 is 7.95. The monoisotopic (exact) mass is 358 g/mol. The minimum atomic E-state index is -1.03. The van der Waals surface area contributed by atoms with Crippen LogP contribution in [-0.2, 0) is 9.53 Å². The van der Waals surface area contributed by atoms with E-state index in [0.29, 0.717) is 14.2 Å². The second-order valence-electron chi connectivity index (χ2n) is 4.17. The van der Waals surface area contributed by atoms with E-state index in [4.69, 9.17) is 22.1 Å². The molecule has 0 aromatic carbocycles.